The van der Waals surface area contributed by atoms with Gasteiger partial charge in [0, 0.05) is 57.6 Å². The summed E-state index contributed by atoms with van der Waals surface area (Å²) >= 11 is 0. The minimum atomic E-state index is -0.197. The Morgan fingerprint density at radius 1 is 1.00 bits per heavy atom. The maximum absolute atomic E-state index is 12.3. The van der Waals surface area contributed by atoms with Crippen LogP contribution in [0.4, 0.5) is 5.95 Å². The molecule has 1 aliphatic heterocycles. The molecule has 0 radical (unpaired) electrons. The van der Waals surface area contributed by atoms with Crippen molar-refractivity contribution in [2.45, 2.75) is 6.42 Å². The molecule has 1 N–H and O–H groups in total. The van der Waals surface area contributed by atoms with Crippen LogP contribution < -0.4 is 10.2 Å². The number of carbonyl (C=O) groups excluding carboxylic acids is 2. The fourth-order valence-electron chi connectivity index (χ4n) is 2.86. The van der Waals surface area contributed by atoms with E-state index in [1.54, 1.807) is 24.5 Å². The lowest BCUT2D eigenvalue weighted by atomic mass is 10.2. The summed E-state index contributed by atoms with van der Waals surface area (Å²) < 4.78 is 0. The molecule has 2 heterocycles. The van der Waals surface area contributed by atoms with E-state index in [9.17, 15) is 9.59 Å². The largest absolute Gasteiger partial charge is 0.352 e. The average molecular weight is 365 g/mol. The Morgan fingerprint density at radius 2 is 1.70 bits per heavy atom. The van der Waals surface area contributed by atoms with Crippen LogP contribution in [0.15, 0.2) is 54.9 Å². The number of aromatic nitrogens is 2. The monoisotopic (exact) mass is 365 g/mol. The minimum absolute atomic E-state index is 0.0518. The Labute approximate surface area is 158 Å². The number of hydrogen-bond donors (Lipinski definition) is 1. The van der Waals surface area contributed by atoms with Gasteiger partial charge in [-0.2, -0.15) is 0 Å². The predicted molar refractivity (Wildman–Crippen MR) is 104 cm³/mol. The lowest BCUT2D eigenvalue weighted by molar-refractivity contribution is -0.131. The van der Waals surface area contributed by atoms with Crippen molar-refractivity contribution in [2.75, 3.05) is 37.6 Å². The van der Waals surface area contributed by atoms with Crippen molar-refractivity contribution in [2.24, 2.45) is 0 Å². The SMILES string of the molecule is O=C(C=Cc1ccccc1)NCCC(=O)N1CCN(c2ncccn2)CC1. The molecular weight excluding hydrogens is 342 g/mol. The highest BCUT2D eigenvalue weighted by Gasteiger charge is 2.22. The highest BCUT2D eigenvalue weighted by atomic mass is 16.2. The van der Waals surface area contributed by atoms with Gasteiger partial charge < -0.3 is 15.1 Å². The lowest BCUT2D eigenvalue weighted by Crippen LogP contribution is -2.49. The van der Waals surface area contributed by atoms with Crippen LogP contribution in [-0.4, -0.2) is 59.4 Å². The second-order valence-electron chi connectivity index (χ2n) is 6.20. The number of hydrogen-bond acceptors (Lipinski definition) is 5. The first-order chi connectivity index (χ1) is 13.2. The lowest BCUT2D eigenvalue weighted by Gasteiger charge is -2.34. The number of benzene rings is 1. The number of piperazine rings is 1. The van der Waals surface area contributed by atoms with E-state index < -0.39 is 0 Å². The molecule has 0 saturated carbocycles. The van der Waals surface area contributed by atoms with Crippen molar-refractivity contribution in [3.05, 3.63) is 60.4 Å². The van der Waals surface area contributed by atoms with E-state index >= 15 is 0 Å². The summed E-state index contributed by atoms with van der Waals surface area (Å²) in [6.07, 6.45) is 6.97. The van der Waals surface area contributed by atoms with E-state index in [-0.39, 0.29) is 11.8 Å². The number of carbonyl (C=O) groups is 2. The maximum atomic E-state index is 12.3. The van der Waals surface area contributed by atoms with Crippen molar-refractivity contribution < 1.29 is 9.59 Å². The molecule has 0 unspecified atom stereocenters. The fraction of sp³-hybridized carbons (Fsp3) is 0.300. The summed E-state index contributed by atoms with van der Waals surface area (Å²) in [6, 6.07) is 11.4. The van der Waals surface area contributed by atoms with Gasteiger partial charge in [-0.3, -0.25) is 9.59 Å². The Kier molecular flexibility index (Phi) is 6.51. The van der Waals surface area contributed by atoms with E-state index in [2.05, 4.69) is 20.2 Å². The highest BCUT2D eigenvalue weighted by Crippen LogP contribution is 2.10. The van der Waals surface area contributed by atoms with Crippen LogP contribution in [0.25, 0.3) is 6.08 Å². The van der Waals surface area contributed by atoms with Gasteiger partial charge in [0.25, 0.3) is 0 Å². The van der Waals surface area contributed by atoms with Crippen LogP contribution in [0.1, 0.15) is 12.0 Å². The number of amides is 2. The number of nitrogens with zero attached hydrogens (tertiary/aromatic N) is 4. The van der Waals surface area contributed by atoms with E-state index in [1.807, 2.05) is 35.2 Å². The molecule has 0 aliphatic carbocycles. The van der Waals surface area contributed by atoms with Crippen molar-refractivity contribution in [1.29, 1.82) is 0 Å². The van der Waals surface area contributed by atoms with Gasteiger partial charge in [-0.1, -0.05) is 30.3 Å². The fourth-order valence-corrected chi connectivity index (χ4v) is 2.86. The normalized spacial score (nSPS) is 14.4. The summed E-state index contributed by atoms with van der Waals surface area (Å²) in [5, 5.41) is 2.75. The van der Waals surface area contributed by atoms with Crippen LogP contribution in [0.5, 0.6) is 0 Å². The molecule has 1 fully saturated rings. The van der Waals surface area contributed by atoms with Crippen LogP contribution in [0.3, 0.4) is 0 Å². The van der Waals surface area contributed by atoms with Crippen molar-refractivity contribution in [3.8, 4) is 0 Å². The molecule has 0 atom stereocenters. The first kappa shape index (κ1) is 18.6. The quantitative estimate of drug-likeness (QED) is 0.782. The molecule has 1 aromatic carbocycles. The van der Waals surface area contributed by atoms with Gasteiger partial charge in [0.05, 0.1) is 0 Å². The van der Waals surface area contributed by atoms with Gasteiger partial charge in [0.2, 0.25) is 17.8 Å². The summed E-state index contributed by atoms with van der Waals surface area (Å²) in [4.78, 5) is 36.5. The Balaban J connectivity index is 1.36. The first-order valence-corrected chi connectivity index (χ1v) is 9.03. The van der Waals surface area contributed by atoms with Crippen molar-refractivity contribution >= 4 is 23.8 Å². The molecular formula is C20H23N5O2. The Morgan fingerprint density at radius 3 is 2.41 bits per heavy atom. The van der Waals surface area contributed by atoms with Gasteiger partial charge in [-0.05, 0) is 17.7 Å². The number of anilines is 1. The molecule has 0 spiro atoms. The van der Waals surface area contributed by atoms with Crippen LogP contribution in [-0.2, 0) is 9.59 Å². The molecule has 7 heteroatoms. The van der Waals surface area contributed by atoms with Crippen molar-refractivity contribution in [1.82, 2.24) is 20.2 Å². The molecule has 2 aromatic rings. The van der Waals surface area contributed by atoms with Crippen LogP contribution >= 0.6 is 0 Å². The van der Waals surface area contributed by atoms with Gasteiger partial charge in [-0.25, -0.2) is 9.97 Å². The molecule has 1 saturated heterocycles. The highest BCUT2D eigenvalue weighted by molar-refractivity contribution is 5.92. The smallest absolute Gasteiger partial charge is 0.244 e. The van der Waals surface area contributed by atoms with E-state index in [4.69, 9.17) is 0 Å². The molecule has 1 aromatic heterocycles. The summed E-state index contributed by atoms with van der Waals surface area (Å²) in [7, 11) is 0. The van der Waals surface area contributed by atoms with E-state index in [0.29, 0.717) is 45.1 Å². The summed E-state index contributed by atoms with van der Waals surface area (Å²) in [5.41, 5.74) is 0.962. The zero-order valence-electron chi connectivity index (χ0n) is 15.1. The third-order valence-corrected chi connectivity index (χ3v) is 4.33. The summed E-state index contributed by atoms with van der Waals surface area (Å²) in [5.74, 6) is 0.552. The predicted octanol–water partition coefficient (Wildman–Crippen LogP) is 1.34. The molecule has 3 rings (SSSR count). The molecule has 140 valence electrons. The zero-order valence-corrected chi connectivity index (χ0v) is 15.1. The second-order valence-corrected chi connectivity index (χ2v) is 6.20. The molecule has 0 bridgehead atoms. The third-order valence-electron chi connectivity index (χ3n) is 4.33. The van der Waals surface area contributed by atoms with Crippen LogP contribution in [0.2, 0.25) is 0 Å². The standard InChI is InChI=1S/C20H23N5O2/c26-18(8-7-17-5-2-1-3-6-17)21-12-9-19(27)24-13-15-25(16-14-24)20-22-10-4-11-23-20/h1-8,10-11H,9,12-16H2,(H,21,26). The first-order valence-electron chi connectivity index (χ1n) is 9.03. The van der Waals surface area contributed by atoms with Gasteiger partial charge in [0.15, 0.2) is 0 Å². The van der Waals surface area contributed by atoms with Gasteiger partial charge in [0.1, 0.15) is 0 Å². The third kappa shape index (κ3) is 5.64. The Hall–Kier alpha value is -3.22. The molecule has 7 nitrogen and oxygen atoms in total. The van der Waals surface area contributed by atoms with Gasteiger partial charge >= 0.3 is 0 Å². The maximum Gasteiger partial charge on any atom is 0.244 e. The topological polar surface area (TPSA) is 78.4 Å². The average Bonchev–Trinajstić information content (AvgIpc) is 2.74. The number of nitrogens with one attached hydrogen (secondary N) is 1. The molecule has 1 aliphatic rings. The van der Waals surface area contributed by atoms with E-state index in [1.165, 1.54) is 6.08 Å². The Bertz CT molecular complexity index is 771. The summed E-state index contributed by atoms with van der Waals surface area (Å²) in [6.45, 7) is 3.03. The van der Waals surface area contributed by atoms with Crippen molar-refractivity contribution in [3.63, 3.8) is 0 Å². The second kappa shape index (κ2) is 9.47. The molecule has 2 amide bonds. The number of rotatable bonds is 6. The van der Waals surface area contributed by atoms with E-state index in [0.717, 1.165) is 5.56 Å². The zero-order chi connectivity index (χ0) is 18.9. The minimum Gasteiger partial charge on any atom is -0.352 e. The van der Waals surface area contributed by atoms with Gasteiger partial charge in [-0.15, -0.1) is 0 Å². The van der Waals surface area contributed by atoms with Crippen LogP contribution in [0, 0.1) is 0 Å². The molecule has 27 heavy (non-hydrogen) atoms.